The molecule has 2 heterocycles. The molecule has 1 saturated heterocycles. The van der Waals surface area contributed by atoms with Crippen LogP contribution in [0.4, 0.5) is 0 Å². The van der Waals surface area contributed by atoms with E-state index < -0.39 is 0 Å². The molecule has 1 amide bonds. The van der Waals surface area contributed by atoms with Crippen LogP contribution in [-0.2, 0) is 5.41 Å². The van der Waals surface area contributed by atoms with Crippen molar-refractivity contribution in [2.45, 2.75) is 70.6 Å². The molecule has 28 heavy (non-hydrogen) atoms. The van der Waals surface area contributed by atoms with Crippen molar-refractivity contribution in [3.05, 3.63) is 47.3 Å². The van der Waals surface area contributed by atoms with Crippen LogP contribution in [0.1, 0.15) is 87.0 Å². The second kappa shape index (κ2) is 6.20. The number of hydrogen-bond acceptors (Lipinski definition) is 2. The van der Waals surface area contributed by atoms with E-state index in [9.17, 15) is 4.79 Å². The minimum absolute atomic E-state index is 0.0627. The number of rotatable bonds is 2. The summed E-state index contributed by atoms with van der Waals surface area (Å²) in [5, 5.41) is 4.98. The van der Waals surface area contributed by atoms with E-state index in [2.05, 4.69) is 54.6 Å². The van der Waals surface area contributed by atoms with Crippen LogP contribution >= 0.6 is 0 Å². The fourth-order valence-corrected chi connectivity index (χ4v) is 6.06. The third kappa shape index (κ3) is 2.29. The predicted octanol–water partition coefficient (Wildman–Crippen LogP) is 5.06. The minimum Gasteiger partial charge on any atom is -0.337 e. The molecule has 2 atom stereocenters. The van der Waals surface area contributed by atoms with Gasteiger partial charge in [0.05, 0.1) is 11.4 Å². The van der Waals surface area contributed by atoms with Gasteiger partial charge in [-0.2, -0.15) is 5.10 Å². The highest BCUT2D eigenvalue weighted by Gasteiger charge is 2.63. The highest BCUT2D eigenvalue weighted by molar-refractivity contribution is 5.95. The number of fused-ring (bicyclic) bond motifs is 5. The molecule has 0 radical (unpaired) electrons. The Labute approximate surface area is 167 Å². The third-order valence-corrected chi connectivity index (χ3v) is 8.12. The highest BCUT2D eigenvalue weighted by Crippen LogP contribution is 2.68. The van der Waals surface area contributed by atoms with Crippen LogP contribution in [0.3, 0.4) is 0 Å². The van der Waals surface area contributed by atoms with Crippen LogP contribution < -0.4 is 0 Å². The summed E-state index contributed by atoms with van der Waals surface area (Å²) in [5.41, 5.74) is 4.55. The Morgan fingerprint density at radius 1 is 1.04 bits per heavy atom. The standard InChI is InChI=1S/C24H31N3O/c1-23(2)18-13-14-24(23,3)21-19(18)20(22(28)26-15-9-4-5-10-16-26)25-27(21)17-11-7-6-8-12-17/h6-8,11-12,18H,4-5,9-10,13-16H2,1-3H3. The maximum atomic E-state index is 13.6. The molecule has 4 nitrogen and oxygen atoms in total. The van der Waals surface area contributed by atoms with Gasteiger partial charge in [-0.3, -0.25) is 4.79 Å². The molecule has 2 bridgehead atoms. The van der Waals surface area contributed by atoms with Crippen LogP contribution in [0.25, 0.3) is 5.69 Å². The van der Waals surface area contributed by atoms with Crippen LogP contribution in [0.15, 0.2) is 30.3 Å². The number of carbonyl (C=O) groups excluding carboxylic acids is 1. The predicted molar refractivity (Wildman–Crippen MR) is 111 cm³/mol. The van der Waals surface area contributed by atoms with Gasteiger partial charge in [-0.1, -0.05) is 51.8 Å². The summed E-state index contributed by atoms with van der Waals surface area (Å²) in [4.78, 5) is 15.7. The van der Waals surface area contributed by atoms with Crippen molar-refractivity contribution in [3.63, 3.8) is 0 Å². The van der Waals surface area contributed by atoms with Crippen molar-refractivity contribution >= 4 is 5.91 Å². The largest absolute Gasteiger partial charge is 0.337 e. The smallest absolute Gasteiger partial charge is 0.274 e. The number of likely N-dealkylation sites (tertiary alicyclic amines) is 1. The molecule has 2 fully saturated rings. The fraction of sp³-hybridized carbons (Fsp3) is 0.583. The van der Waals surface area contributed by atoms with Crippen LogP contribution in [0.2, 0.25) is 0 Å². The lowest BCUT2D eigenvalue weighted by Crippen LogP contribution is -2.34. The van der Waals surface area contributed by atoms with E-state index >= 15 is 0 Å². The molecule has 0 N–H and O–H groups in total. The maximum absolute atomic E-state index is 13.6. The Kier molecular flexibility index (Phi) is 3.98. The lowest BCUT2D eigenvalue weighted by Gasteiger charge is -2.35. The average molecular weight is 378 g/mol. The van der Waals surface area contributed by atoms with E-state index in [1.165, 1.54) is 30.5 Å². The summed E-state index contributed by atoms with van der Waals surface area (Å²) in [6.45, 7) is 8.91. The maximum Gasteiger partial charge on any atom is 0.274 e. The van der Waals surface area contributed by atoms with Gasteiger partial charge in [-0.15, -0.1) is 0 Å². The quantitative estimate of drug-likeness (QED) is 0.733. The Morgan fingerprint density at radius 3 is 2.39 bits per heavy atom. The highest BCUT2D eigenvalue weighted by atomic mass is 16.2. The molecule has 0 spiro atoms. The first kappa shape index (κ1) is 18.0. The van der Waals surface area contributed by atoms with Gasteiger partial charge in [0.2, 0.25) is 0 Å². The zero-order valence-electron chi connectivity index (χ0n) is 17.4. The summed E-state index contributed by atoms with van der Waals surface area (Å²) in [6, 6.07) is 10.4. The summed E-state index contributed by atoms with van der Waals surface area (Å²) in [5.74, 6) is 0.579. The topological polar surface area (TPSA) is 38.1 Å². The summed E-state index contributed by atoms with van der Waals surface area (Å²) in [6.07, 6.45) is 7.02. The molecule has 2 unspecified atom stereocenters. The Balaban J connectivity index is 1.67. The van der Waals surface area contributed by atoms with Gasteiger partial charge < -0.3 is 4.90 Å². The number of amides is 1. The van der Waals surface area contributed by atoms with Gasteiger partial charge in [0.25, 0.3) is 5.91 Å². The third-order valence-electron chi connectivity index (χ3n) is 8.12. The van der Waals surface area contributed by atoms with Crippen LogP contribution in [0.5, 0.6) is 0 Å². The molecule has 1 aromatic carbocycles. The molecule has 1 saturated carbocycles. The summed E-state index contributed by atoms with van der Waals surface area (Å²) >= 11 is 0. The number of hydrogen-bond donors (Lipinski definition) is 0. The normalized spacial score (nSPS) is 28.2. The van der Waals surface area contributed by atoms with E-state index in [0.29, 0.717) is 5.92 Å². The summed E-state index contributed by atoms with van der Waals surface area (Å²) in [7, 11) is 0. The van der Waals surface area contributed by atoms with Gasteiger partial charge in [0.1, 0.15) is 0 Å². The SMILES string of the molecule is CC12CCC(c3c(C(=O)N4CCCCCC4)nn(-c4ccccc4)c31)C2(C)C. The first-order chi connectivity index (χ1) is 13.4. The second-order valence-electron chi connectivity index (χ2n) is 9.71. The number of aromatic nitrogens is 2. The average Bonchev–Trinajstić information content (AvgIpc) is 3.11. The molecular formula is C24H31N3O. The number of nitrogens with zero attached hydrogens (tertiary/aromatic N) is 3. The summed E-state index contributed by atoms with van der Waals surface area (Å²) < 4.78 is 2.10. The first-order valence-electron chi connectivity index (χ1n) is 10.9. The lowest BCUT2D eigenvalue weighted by molar-refractivity contribution is 0.0752. The fourth-order valence-electron chi connectivity index (χ4n) is 6.06. The van der Waals surface area contributed by atoms with Crippen molar-refractivity contribution in [3.8, 4) is 5.69 Å². The molecule has 148 valence electrons. The van der Waals surface area contributed by atoms with E-state index in [1.807, 2.05) is 6.07 Å². The first-order valence-corrected chi connectivity index (χ1v) is 10.9. The van der Waals surface area contributed by atoms with E-state index in [0.717, 1.165) is 43.7 Å². The molecule has 1 aliphatic heterocycles. The minimum atomic E-state index is 0.0627. The van der Waals surface area contributed by atoms with Gasteiger partial charge in [0.15, 0.2) is 5.69 Å². The monoisotopic (exact) mass is 377 g/mol. The van der Waals surface area contributed by atoms with Crippen molar-refractivity contribution in [2.75, 3.05) is 13.1 Å². The van der Waals surface area contributed by atoms with Gasteiger partial charge >= 0.3 is 0 Å². The van der Waals surface area contributed by atoms with Crippen molar-refractivity contribution in [1.29, 1.82) is 0 Å². The van der Waals surface area contributed by atoms with Gasteiger partial charge in [-0.05, 0) is 49.1 Å². The number of carbonyl (C=O) groups is 1. The molecule has 2 aromatic rings. The second-order valence-corrected chi connectivity index (χ2v) is 9.71. The van der Waals surface area contributed by atoms with Gasteiger partial charge in [-0.25, -0.2) is 4.68 Å². The van der Waals surface area contributed by atoms with Gasteiger partial charge in [0, 0.05) is 24.1 Å². The Bertz CT molecular complexity index is 905. The molecule has 2 aliphatic carbocycles. The Hall–Kier alpha value is -2.10. The Morgan fingerprint density at radius 2 is 1.71 bits per heavy atom. The number of benzene rings is 1. The van der Waals surface area contributed by atoms with Crippen LogP contribution in [0, 0.1) is 5.41 Å². The molecule has 5 rings (SSSR count). The molecule has 4 heteroatoms. The zero-order chi connectivity index (χ0) is 19.5. The van der Waals surface area contributed by atoms with Crippen molar-refractivity contribution < 1.29 is 4.79 Å². The number of para-hydroxylation sites is 1. The lowest BCUT2D eigenvalue weighted by atomic mass is 9.70. The zero-order valence-corrected chi connectivity index (χ0v) is 17.4. The van der Waals surface area contributed by atoms with Crippen LogP contribution in [-0.4, -0.2) is 33.7 Å². The molecular weight excluding hydrogens is 346 g/mol. The van der Waals surface area contributed by atoms with Crippen molar-refractivity contribution in [1.82, 2.24) is 14.7 Å². The van der Waals surface area contributed by atoms with E-state index in [1.54, 1.807) is 0 Å². The van der Waals surface area contributed by atoms with Crippen molar-refractivity contribution in [2.24, 2.45) is 5.41 Å². The molecule has 1 aromatic heterocycles. The van der Waals surface area contributed by atoms with E-state index in [4.69, 9.17) is 5.10 Å². The molecule has 3 aliphatic rings. The van der Waals surface area contributed by atoms with E-state index in [-0.39, 0.29) is 16.7 Å².